The van der Waals surface area contributed by atoms with Crippen molar-refractivity contribution < 1.29 is 44.2 Å². The van der Waals surface area contributed by atoms with Crippen LogP contribution in [0.5, 0.6) is 5.75 Å². The number of hydrazone groups is 1. The van der Waals surface area contributed by atoms with Crippen molar-refractivity contribution >= 4 is 11.7 Å². The molecular weight excluding hydrogens is 243 g/mol. The maximum Gasteiger partial charge on any atom is 1.00 e. The number of nitrogens with zero attached hydrogens (tertiary/aromatic N) is 1. The van der Waals surface area contributed by atoms with Gasteiger partial charge in [-0.2, -0.15) is 5.10 Å². The van der Waals surface area contributed by atoms with Crippen LogP contribution in [0.3, 0.4) is 0 Å². The summed E-state index contributed by atoms with van der Waals surface area (Å²) in [5.41, 5.74) is 2.54. The second kappa shape index (κ2) is 8.97. The summed E-state index contributed by atoms with van der Waals surface area (Å²) in [6.07, 6.45) is -0.115. The van der Waals surface area contributed by atoms with Crippen molar-refractivity contribution in [1.29, 1.82) is 0 Å². The third-order valence-corrected chi connectivity index (χ3v) is 2.00. The third-order valence-electron chi connectivity index (χ3n) is 2.00. The average Bonchev–Trinajstić information content (AvgIpc) is 2.30. The van der Waals surface area contributed by atoms with Gasteiger partial charge in [0.05, 0.1) is 18.2 Å². The molecule has 1 unspecified atom stereocenters. The minimum Gasteiger partial charge on any atom is -0.543 e. The fraction of sp³-hybridized carbons (Fsp3) is 0.333. The summed E-state index contributed by atoms with van der Waals surface area (Å²) >= 11 is 0. The van der Waals surface area contributed by atoms with Gasteiger partial charge in [0.15, 0.2) is 0 Å². The summed E-state index contributed by atoms with van der Waals surface area (Å²) < 4.78 is 5.56. The van der Waals surface area contributed by atoms with E-state index in [1.165, 1.54) is 6.92 Å². The van der Waals surface area contributed by atoms with Crippen molar-refractivity contribution in [3.8, 4) is 5.75 Å². The maximum atomic E-state index is 10.4. The Labute approximate surface area is 129 Å². The van der Waals surface area contributed by atoms with E-state index in [2.05, 4.69) is 10.5 Å². The summed E-state index contributed by atoms with van der Waals surface area (Å²) in [4.78, 5) is 10.4. The number of para-hydroxylation sites is 1. The topological polar surface area (TPSA) is 73.8 Å². The monoisotopic (exact) mass is 258 g/mol. The van der Waals surface area contributed by atoms with E-state index in [9.17, 15) is 9.90 Å². The van der Waals surface area contributed by atoms with E-state index in [1.807, 2.05) is 37.3 Å². The Hall–Kier alpha value is -1.04. The van der Waals surface area contributed by atoms with Crippen LogP contribution in [0.4, 0.5) is 0 Å². The number of carboxylic acid groups (broad SMARTS) is 1. The van der Waals surface area contributed by atoms with Gasteiger partial charge in [0.1, 0.15) is 11.9 Å². The van der Waals surface area contributed by atoms with Crippen molar-refractivity contribution in [3.05, 3.63) is 30.3 Å². The van der Waals surface area contributed by atoms with Crippen molar-refractivity contribution in [2.45, 2.75) is 20.0 Å². The first-order valence-corrected chi connectivity index (χ1v) is 5.30. The third kappa shape index (κ3) is 6.64. The molecule has 0 bridgehead atoms. The molecule has 1 N–H and O–H groups in total. The van der Waals surface area contributed by atoms with Crippen molar-refractivity contribution in [2.75, 3.05) is 6.54 Å². The summed E-state index contributed by atoms with van der Waals surface area (Å²) in [5.74, 6) is -0.517. The van der Waals surface area contributed by atoms with Gasteiger partial charge in [0.25, 0.3) is 0 Å². The van der Waals surface area contributed by atoms with E-state index >= 15 is 0 Å². The summed E-state index contributed by atoms with van der Waals surface area (Å²) in [6.45, 7) is 3.65. The van der Waals surface area contributed by atoms with Crippen LogP contribution in [0, 0.1) is 0 Å². The zero-order valence-corrected chi connectivity index (χ0v) is 12.8. The number of nitrogens with one attached hydrogen (secondary N) is 1. The molecule has 0 spiro atoms. The molecular formula is C12H15N2NaO3. The molecule has 1 aromatic rings. The number of carbonyl (C=O) groups is 1. The molecule has 1 atom stereocenters. The predicted octanol–water partition coefficient (Wildman–Crippen LogP) is -2.83. The van der Waals surface area contributed by atoms with Crippen LogP contribution in [0.1, 0.15) is 13.8 Å². The van der Waals surface area contributed by atoms with Gasteiger partial charge >= 0.3 is 29.6 Å². The van der Waals surface area contributed by atoms with Crippen LogP contribution in [-0.2, 0) is 4.79 Å². The zero-order valence-electron chi connectivity index (χ0n) is 10.8. The van der Waals surface area contributed by atoms with Gasteiger partial charge < -0.3 is 20.1 Å². The average molecular weight is 258 g/mol. The number of benzene rings is 1. The molecule has 0 aliphatic carbocycles. The van der Waals surface area contributed by atoms with E-state index < -0.39 is 5.97 Å². The van der Waals surface area contributed by atoms with Crippen molar-refractivity contribution in [1.82, 2.24) is 5.43 Å². The van der Waals surface area contributed by atoms with Gasteiger partial charge in [-0.05, 0) is 26.0 Å². The summed E-state index contributed by atoms with van der Waals surface area (Å²) in [6, 6.07) is 9.38. The molecule has 6 heteroatoms. The largest absolute Gasteiger partial charge is 1.00 e. The number of hydrogen-bond donors (Lipinski definition) is 1. The summed E-state index contributed by atoms with van der Waals surface area (Å²) in [7, 11) is 0. The zero-order chi connectivity index (χ0) is 12.7. The first kappa shape index (κ1) is 17.0. The molecule has 0 fully saturated rings. The molecule has 1 rings (SSSR count). The van der Waals surface area contributed by atoms with Crippen LogP contribution in [-0.4, -0.2) is 24.3 Å². The molecule has 5 nitrogen and oxygen atoms in total. The fourth-order valence-electron chi connectivity index (χ4n) is 1.11. The Balaban J connectivity index is 0.00000289. The van der Waals surface area contributed by atoms with E-state index in [0.717, 1.165) is 5.75 Å². The first-order valence-electron chi connectivity index (χ1n) is 5.30. The van der Waals surface area contributed by atoms with Crippen LogP contribution in [0.15, 0.2) is 35.4 Å². The predicted molar refractivity (Wildman–Crippen MR) is 62.7 cm³/mol. The van der Waals surface area contributed by atoms with Gasteiger partial charge in [-0.3, -0.25) is 0 Å². The number of carbonyl (C=O) groups excluding carboxylic acids is 1. The second-order valence-electron chi connectivity index (χ2n) is 3.59. The van der Waals surface area contributed by atoms with Gasteiger partial charge in [-0.1, -0.05) is 18.2 Å². The Kier molecular flexibility index (Phi) is 8.45. The fourth-order valence-corrected chi connectivity index (χ4v) is 1.11. The van der Waals surface area contributed by atoms with Crippen LogP contribution in [0.25, 0.3) is 0 Å². The van der Waals surface area contributed by atoms with Crippen LogP contribution in [0.2, 0.25) is 0 Å². The quantitative estimate of drug-likeness (QED) is 0.339. The van der Waals surface area contributed by atoms with E-state index in [1.54, 1.807) is 0 Å². The minimum atomic E-state index is -1.28. The van der Waals surface area contributed by atoms with Crippen LogP contribution >= 0.6 is 0 Å². The van der Waals surface area contributed by atoms with Gasteiger partial charge in [-0.15, -0.1) is 0 Å². The molecule has 18 heavy (non-hydrogen) atoms. The van der Waals surface area contributed by atoms with E-state index in [4.69, 9.17) is 4.74 Å². The molecule has 92 valence electrons. The Morgan fingerprint density at radius 1 is 1.44 bits per heavy atom. The normalized spacial score (nSPS) is 12.2. The van der Waals surface area contributed by atoms with Gasteiger partial charge in [0, 0.05) is 0 Å². The molecule has 0 radical (unpaired) electrons. The first-order chi connectivity index (χ1) is 8.09. The second-order valence-corrected chi connectivity index (χ2v) is 3.59. The van der Waals surface area contributed by atoms with Gasteiger partial charge in [-0.25, -0.2) is 0 Å². The number of aliphatic carboxylic acids is 1. The molecule has 0 aliphatic heterocycles. The molecule has 0 saturated carbocycles. The van der Waals surface area contributed by atoms with E-state index in [0.29, 0.717) is 6.54 Å². The minimum absolute atomic E-state index is 0. The number of carboxylic acids is 1. The van der Waals surface area contributed by atoms with Crippen molar-refractivity contribution in [3.63, 3.8) is 0 Å². The Morgan fingerprint density at radius 2 is 2.06 bits per heavy atom. The molecule has 0 aliphatic rings. The van der Waals surface area contributed by atoms with Crippen LogP contribution < -0.4 is 44.8 Å². The molecule has 0 amide bonds. The van der Waals surface area contributed by atoms with E-state index in [-0.39, 0.29) is 41.4 Å². The molecule has 0 aromatic heterocycles. The molecule has 1 aromatic carbocycles. The maximum absolute atomic E-state index is 10.4. The Morgan fingerprint density at radius 3 is 2.61 bits per heavy atom. The summed E-state index contributed by atoms with van der Waals surface area (Å²) in [5, 5.41) is 14.0. The smallest absolute Gasteiger partial charge is 0.543 e. The van der Waals surface area contributed by atoms with Crippen molar-refractivity contribution in [2.24, 2.45) is 5.10 Å². The molecule has 0 saturated heterocycles. The van der Waals surface area contributed by atoms with Gasteiger partial charge in [0.2, 0.25) is 0 Å². The molecule has 0 heterocycles. The standard InChI is InChI=1S/C12H16N2O3.Na/c1-9(8-13-14-10(2)12(15)16)17-11-6-4-3-5-7-11;/h3-7,9,13H,8H2,1-2H3,(H,15,16);/q;+1/p-1. The number of rotatable bonds is 6. The number of ether oxygens (including phenoxy) is 1. The Bertz CT molecular complexity index is 396. The number of hydrogen-bond acceptors (Lipinski definition) is 5. The SMILES string of the molecule is CC(=NNCC(C)Oc1ccccc1)C(=O)[O-].[Na+].